The van der Waals surface area contributed by atoms with Crippen molar-refractivity contribution < 1.29 is 9.32 Å². The van der Waals surface area contributed by atoms with Crippen molar-refractivity contribution in [1.82, 2.24) is 15.0 Å². The average Bonchev–Trinajstić information content (AvgIpc) is 3.10. The van der Waals surface area contributed by atoms with Gasteiger partial charge in [-0.05, 0) is 37.5 Å². The first kappa shape index (κ1) is 13.6. The summed E-state index contributed by atoms with van der Waals surface area (Å²) in [5.74, 6) is 0.929. The zero-order chi connectivity index (χ0) is 14.0. The van der Waals surface area contributed by atoms with Crippen LogP contribution in [0.1, 0.15) is 70.2 Å². The van der Waals surface area contributed by atoms with Crippen LogP contribution in [0.25, 0.3) is 0 Å². The molecule has 1 saturated heterocycles. The van der Waals surface area contributed by atoms with Crippen LogP contribution < -0.4 is 0 Å². The Hall–Kier alpha value is -1.39. The van der Waals surface area contributed by atoms with Gasteiger partial charge in [-0.3, -0.25) is 4.79 Å². The minimum atomic E-state index is 0.0139. The summed E-state index contributed by atoms with van der Waals surface area (Å²) in [6, 6.07) is 0.0139. The van der Waals surface area contributed by atoms with Crippen LogP contribution in [0.15, 0.2) is 10.9 Å². The fourth-order valence-corrected chi connectivity index (χ4v) is 3.70. The lowest BCUT2D eigenvalue weighted by Crippen LogP contribution is -2.40. The van der Waals surface area contributed by atoms with Gasteiger partial charge in [-0.1, -0.05) is 24.9 Å². The molecule has 5 heteroatoms. The van der Waals surface area contributed by atoms with Crippen LogP contribution in [-0.2, 0) is 4.79 Å². The zero-order valence-corrected chi connectivity index (χ0v) is 12.2. The number of aromatic nitrogens is 2. The molecule has 1 aliphatic carbocycles. The molecular weight excluding hydrogens is 254 g/mol. The molecule has 1 atom stereocenters. The second kappa shape index (κ2) is 5.54. The Morgan fingerprint density at radius 3 is 2.90 bits per heavy atom. The third kappa shape index (κ3) is 2.72. The van der Waals surface area contributed by atoms with Gasteiger partial charge in [0.05, 0.1) is 6.04 Å². The average molecular weight is 277 g/mol. The molecule has 0 bridgehead atoms. The second-order valence-electron chi connectivity index (χ2n) is 6.58. The van der Waals surface area contributed by atoms with Gasteiger partial charge in [0.2, 0.25) is 12.3 Å². The molecule has 0 N–H and O–H groups in total. The monoisotopic (exact) mass is 277 g/mol. The Morgan fingerprint density at radius 1 is 1.40 bits per heavy atom. The van der Waals surface area contributed by atoms with E-state index < -0.39 is 0 Å². The molecule has 20 heavy (non-hydrogen) atoms. The first-order valence-corrected chi connectivity index (χ1v) is 7.74. The minimum Gasteiger partial charge on any atom is -0.343 e. The van der Waals surface area contributed by atoms with Gasteiger partial charge in [0.25, 0.3) is 0 Å². The third-order valence-electron chi connectivity index (χ3n) is 4.89. The molecule has 0 spiro atoms. The molecule has 1 unspecified atom stereocenters. The molecule has 1 saturated carbocycles. The van der Waals surface area contributed by atoms with E-state index in [0.717, 1.165) is 25.8 Å². The summed E-state index contributed by atoms with van der Waals surface area (Å²) < 4.78 is 4.85. The van der Waals surface area contributed by atoms with Gasteiger partial charge in [-0.2, -0.15) is 4.98 Å². The zero-order valence-electron chi connectivity index (χ0n) is 12.2. The summed E-state index contributed by atoms with van der Waals surface area (Å²) in [6.07, 6.45) is 10.1. The highest BCUT2D eigenvalue weighted by atomic mass is 16.5. The van der Waals surface area contributed by atoms with Crippen LogP contribution >= 0.6 is 0 Å². The van der Waals surface area contributed by atoms with Crippen molar-refractivity contribution >= 4 is 5.91 Å². The Bertz CT molecular complexity index is 452. The maximum absolute atomic E-state index is 12.7. The van der Waals surface area contributed by atoms with Gasteiger partial charge in [0, 0.05) is 13.0 Å². The normalized spacial score (nSPS) is 25.9. The highest BCUT2D eigenvalue weighted by Gasteiger charge is 2.36. The van der Waals surface area contributed by atoms with E-state index in [9.17, 15) is 4.79 Å². The molecule has 3 rings (SSSR count). The van der Waals surface area contributed by atoms with Crippen LogP contribution in [-0.4, -0.2) is 27.5 Å². The second-order valence-corrected chi connectivity index (χ2v) is 6.58. The molecule has 5 nitrogen and oxygen atoms in total. The van der Waals surface area contributed by atoms with Crippen LogP contribution in [0.4, 0.5) is 0 Å². The number of hydrogen-bond donors (Lipinski definition) is 0. The Kier molecular flexibility index (Phi) is 3.76. The number of nitrogens with zero attached hydrogens (tertiary/aromatic N) is 3. The summed E-state index contributed by atoms with van der Waals surface area (Å²) in [5, 5.41) is 3.94. The van der Waals surface area contributed by atoms with Gasteiger partial charge in [-0.25, -0.2) is 0 Å². The molecule has 0 radical (unpaired) electrons. The van der Waals surface area contributed by atoms with Crippen molar-refractivity contribution in [1.29, 1.82) is 0 Å². The number of carbonyl (C=O) groups excluding carboxylic acids is 1. The lowest BCUT2D eigenvalue weighted by Gasteiger charge is -2.36. The fraction of sp³-hybridized carbons (Fsp3) is 0.800. The number of likely N-dealkylation sites (tertiary alicyclic amines) is 1. The van der Waals surface area contributed by atoms with E-state index in [1.807, 2.05) is 4.90 Å². The molecule has 110 valence electrons. The van der Waals surface area contributed by atoms with Crippen LogP contribution in [0.2, 0.25) is 0 Å². The molecule has 2 aliphatic rings. The Labute approximate surface area is 119 Å². The van der Waals surface area contributed by atoms with E-state index in [1.54, 1.807) is 0 Å². The first-order chi connectivity index (χ1) is 9.68. The van der Waals surface area contributed by atoms with E-state index in [0.29, 0.717) is 12.2 Å². The largest absolute Gasteiger partial charge is 0.343 e. The summed E-state index contributed by atoms with van der Waals surface area (Å²) in [6.45, 7) is 3.08. The summed E-state index contributed by atoms with van der Waals surface area (Å²) in [7, 11) is 0. The lowest BCUT2D eigenvalue weighted by molar-refractivity contribution is -0.137. The summed E-state index contributed by atoms with van der Waals surface area (Å²) in [5.41, 5.74) is 0.205. The molecule has 0 aromatic carbocycles. The molecule has 1 aliphatic heterocycles. The Balaban J connectivity index is 1.71. The van der Waals surface area contributed by atoms with Crippen molar-refractivity contribution in [2.24, 2.45) is 5.41 Å². The fourth-order valence-electron chi connectivity index (χ4n) is 3.70. The van der Waals surface area contributed by atoms with E-state index >= 15 is 0 Å². The molecule has 1 aromatic rings. The molecule has 2 fully saturated rings. The quantitative estimate of drug-likeness (QED) is 0.851. The van der Waals surface area contributed by atoms with Crippen LogP contribution in [0.5, 0.6) is 0 Å². The van der Waals surface area contributed by atoms with Gasteiger partial charge < -0.3 is 9.42 Å². The van der Waals surface area contributed by atoms with Gasteiger partial charge in [0.15, 0.2) is 5.82 Å². The summed E-state index contributed by atoms with van der Waals surface area (Å²) >= 11 is 0. The molecule has 2 heterocycles. The van der Waals surface area contributed by atoms with E-state index in [1.165, 1.54) is 32.1 Å². The SMILES string of the molecule is CC1(CC(=O)N2CCCCC2c2ncon2)CCCC1. The van der Waals surface area contributed by atoms with Crippen molar-refractivity contribution in [3.05, 3.63) is 12.2 Å². The van der Waals surface area contributed by atoms with Crippen molar-refractivity contribution in [2.45, 2.75) is 64.3 Å². The smallest absolute Gasteiger partial charge is 0.223 e. The van der Waals surface area contributed by atoms with E-state index in [2.05, 4.69) is 17.1 Å². The number of carbonyl (C=O) groups is 1. The topological polar surface area (TPSA) is 59.2 Å². The van der Waals surface area contributed by atoms with E-state index in [4.69, 9.17) is 4.52 Å². The lowest BCUT2D eigenvalue weighted by atomic mass is 9.84. The van der Waals surface area contributed by atoms with Crippen molar-refractivity contribution in [3.8, 4) is 0 Å². The predicted octanol–water partition coefficient (Wildman–Crippen LogP) is 3.09. The minimum absolute atomic E-state index is 0.0139. The third-order valence-corrected chi connectivity index (χ3v) is 4.89. The van der Waals surface area contributed by atoms with Crippen LogP contribution in [0, 0.1) is 5.41 Å². The standard InChI is InChI=1S/C15H23N3O2/c1-15(7-3-4-8-15)10-13(19)18-9-5-2-6-12(18)14-16-11-20-17-14/h11-12H,2-10H2,1H3. The Morgan fingerprint density at radius 2 is 2.20 bits per heavy atom. The number of rotatable bonds is 3. The number of amides is 1. The van der Waals surface area contributed by atoms with E-state index in [-0.39, 0.29) is 17.4 Å². The maximum Gasteiger partial charge on any atom is 0.223 e. The predicted molar refractivity (Wildman–Crippen MR) is 73.8 cm³/mol. The van der Waals surface area contributed by atoms with Crippen molar-refractivity contribution in [3.63, 3.8) is 0 Å². The van der Waals surface area contributed by atoms with Gasteiger partial charge in [-0.15, -0.1) is 0 Å². The highest BCUT2D eigenvalue weighted by Crippen LogP contribution is 2.42. The molecule has 1 amide bonds. The maximum atomic E-state index is 12.7. The highest BCUT2D eigenvalue weighted by molar-refractivity contribution is 5.77. The van der Waals surface area contributed by atoms with Crippen molar-refractivity contribution in [2.75, 3.05) is 6.54 Å². The summed E-state index contributed by atoms with van der Waals surface area (Å²) in [4.78, 5) is 18.8. The van der Waals surface area contributed by atoms with Crippen LogP contribution in [0.3, 0.4) is 0 Å². The number of hydrogen-bond acceptors (Lipinski definition) is 4. The first-order valence-electron chi connectivity index (χ1n) is 7.74. The molecule has 1 aromatic heterocycles. The molecular formula is C15H23N3O2. The number of piperidine rings is 1. The van der Waals surface area contributed by atoms with Gasteiger partial charge in [0.1, 0.15) is 0 Å². The van der Waals surface area contributed by atoms with Gasteiger partial charge >= 0.3 is 0 Å².